The molecule has 7 nitrogen and oxygen atoms in total. The monoisotopic (exact) mass is 271 g/mol. The first-order valence-electron chi connectivity index (χ1n) is 4.53. The maximum atomic E-state index is 12.0. The number of anilines is 2. The fraction of sp³-hybridized carbons (Fsp3) is 0.125. The second-order valence-electron chi connectivity index (χ2n) is 3.30. The van der Waals surface area contributed by atoms with Crippen LogP contribution in [0.4, 0.5) is 10.8 Å². The Morgan fingerprint density at radius 2 is 2.18 bits per heavy atom. The van der Waals surface area contributed by atoms with Crippen molar-refractivity contribution in [1.29, 1.82) is 0 Å². The zero-order chi connectivity index (χ0) is 12.5. The summed E-state index contributed by atoms with van der Waals surface area (Å²) in [6, 6.07) is 4.56. The molecule has 0 saturated carbocycles. The van der Waals surface area contributed by atoms with Gasteiger partial charge in [-0.25, -0.2) is 8.42 Å². The molecule has 1 heterocycles. The summed E-state index contributed by atoms with van der Waals surface area (Å²) in [5.41, 5.74) is 6.64. The number of rotatable bonds is 3. The van der Waals surface area contributed by atoms with Crippen LogP contribution in [0.1, 0.15) is 5.56 Å². The molecular formula is C8H9N5O2S2. The number of aryl methyl sites for hydroxylation is 1. The van der Waals surface area contributed by atoms with Crippen LogP contribution in [0.25, 0.3) is 0 Å². The van der Waals surface area contributed by atoms with Crippen LogP contribution in [0.3, 0.4) is 0 Å². The summed E-state index contributed by atoms with van der Waals surface area (Å²) in [7, 11) is -3.67. The number of hydrogen-bond donors (Lipinski definition) is 2. The molecule has 2 rings (SSSR count). The van der Waals surface area contributed by atoms with Gasteiger partial charge in [-0.2, -0.15) is 0 Å². The van der Waals surface area contributed by atoms with Gasteiger partial charge in [0, 0.05) is 17.2 Å². The third-order valence-corrected chi connectivity index (χ3v) is 4.15. The molecule has 0 saturated heterocycles. The lowest BCUT2D eigenvalue weighted by molar-refractivity contribution is 0.600. The van der Waals surface area contributed by atoms with Gasteiger partial charge in [0.2, 0.25) is 5.13 Å². The number of nitrogens with two attached hydrogens (primary N) is 1. The molecule has 0 spiro atoms. The molecule has 1 aromatic carbocycles. The van der Waals surface area contributed by atoms with Crippen molar-refractivity contribution >= 4 is 32.4 Å². The molecular weight excluding hydrogens is 262 g/mol. The second-order valence-corrected chi connectivity index (χ2v) is 5.68. The van der Waals surface area contributed by atoms with E-state index >= 15 is 0 Å². The molecule has 1 aromatic heterocycles. The van der Waals surface area contributed by atoms with Crippen LogP contribution in [-0.2, 0) is 10.0 Å². The van der Waals surface area contributed by atoms with Gasteiger partial charge in [-0.3, -0.25) is 4.72 Å². The quantitative estimate of drug-likeness (QED) is 0.792. The molecule has 17 heavy (non-hydrogen) atoms. The van der Waals surface area contributed by atoms with Crippen LogP contribution < -0.4 is 10.5 Å². The fourth-order valence-corrected chi connectivity index (χ4v) is 3.13. The molecule has 0 aliphatic rings. The maximum Gasteiger partial charge on any atom is 0.264 e. The van der Waals surface area contributed by atoms with Crippen LogP contribution in [-0.4, -0.2) is 23.2 Å². The highest BCUT2D eigenvalue weighted by molar-refractivity contribution is 7.93. The molecule has 0 aliphatic heterocycles. The molecule has 2 aromatic rings. The van der Waals surface area contributed by atoms with Crippen molar-refractivity contribution in [1.82, 2.24) is 14.8 Å². The summed E-state index contributed by atoms with van der Waals surface area (Å²) in [4.78, 5) is 0.155. The van der Waals surface area contributed by atoms with Gasteiger partial charge in [-0.15, -0.1) is 0 Å². The van der Waals surface area contributed by atoms with E-state index in [1.165, 1.54) is 12.1 Å². The van der Waals surface area contributed by atoms with Crippen molar-refractivity contribution in [2.75, 3.05) is 10.5 Å². The molecule has 3 N–H and O–H groups in total. The predicted molar refractivity (Wildman–Crippen MR) is 64.1 cm³/mol. The smallest absolute Gasteiger partial charge is 0.264 e. The summed E-state index contributed by atoms with van der Waals surface area (Å²) in [5.74, 6) is 0. The van der Waals surface area contributed by atoms with Gasteiger partial charge in [0.15, 0.2) is 0 Å². The summed E-state index contributed by atoms with van der Waals surface area (Å²) in [6.45, 7) is 1.67. The highest BCUT2D eigenvalue weighted by atomic mass is 32.2. The first kappa shape index (κ1) is 11.7. The van der Waals surface area contributed by atoms with Gasteiger partial charge in [-0.1, -0.05) is 9.59 Å². The Kier molecular flexibility index (Phi) is 2.94. The number of aromatic nitrogens is 3. The molecule has 0 atom stereocenters. The Labute approximate surface area is 102 Å². The highest BCUT2D eigenvalue weighted by Crippen LogP contribution is 2.20. The summed E-state index contributed by atoms with van der Waals surface area (Å²) >= 11 is 0.866. The van der Waals surface area contributed by atoms with E-state index in [0.717, 1.165) is 11.5 Å². The van der Waals surface area contributed by atoms with E-state index in [0.29, 0.717) is 11.3 Å². The average molecular weight is 271 g/mol. The maximum absolute atomic E-state index is 12.0. The Morgan fingerprint density at radius 1 is 1.41 bits per heavy atom. The van der Waals surface area contributed by atoms with E-state index in [1.807, 2.05) is 0 Å². The van der Waals surface area contributed by atoms with Crippen molar-refractivity contribution < 1.29 is 8.42 Å². The van der Waals surface area contributed by atoms with Gasteiger partial charge in [0.05, 0.1) is 4.90 Å². The number of benzene rings is 1. The topological polar surface area (TPSA) is 111 Å². The Bertz CT molecular complexity index is 623. The standard InChI is InChI=1S/C8H9N5O2S2/c1-5-4-6(9)2-3-7(5)17(14,15)11-8-10-12-13-16-8/h2-4H,9H2,1H3,(H,10,11,13). The van der Waals surface area contributed by atoms with Crippen LogP contribution in [0.2, 0.25) is 0 Å². The Morgan fingerprint density at radius 3 is 2.76 bits per heavy atom. The van der Waals surface area contributed by atoms with E-state index in [1.54, 1.807) is 13.0 Å². The van der Waals surface area contributed by atoms with Crippen molar-refractivity contribution in [2.45, 2.75) is 11.8 Å². The number of nitrogens with zero attached hydrogens (tertiary/aromatic N) is 3. The summed E-state index contributed by atoms with van der Waals surface area (Å²) in [6.07, 6.45) is 0. The van der Waals surface area contributed by atoms with E-state index in [-0.39, 0.29) is 10.0 Å². The van der Waals surface area contributed by atoms with Crippen molar-refractivity contribution in [3.8, 4) is 0 Å². The molecule has 0 fully saturated rings. The lowest BCUT2D eigenvalue weighted by Gasteiger charge is -2.07. The fourth-order valence-electron chi connectivity index (χ4n) is 1.32. The van der Waals surface area contributed by atoms with Crippen LogP contribution in [0.15, 0.2) is 23.1 Å². The first-order valence-corrected chi connectivity index (χ1v) is 6.79. The van der Waals surface area contributed by atoms with Crippen LogP contribution >= 0.6 is 11.5 Å². The second kappa shape index (κ2) is 4.26. The van der Waals surface area contributed by atoms with Gasteiger partial charge in [0.1, 0.15) is 0 Å². The SMILES string of the molecule is Cc1cc(N)ccc1S(=O)(=O)Nc1nnns1. The molecule has 0 aliphatic carbocycles. The molecule has 90 valence electrons. The van der Waals surface area contributed by atoms with Crippen molar-refractivity contribution in [3.05, 3.63) is 23.8 Å². The molecule has 0 amide bonds. The van der Waals surface area contributed by atoms with Gasteiger partial charge < -0.3 is 5.73 Å². The number of sulfonamides is 1. The van der Waals surface area contributed by atoms with Crippen molar-refractivity contribution in [3.63, 3.8) is 0 Å². The predicted octanol–water partition coefficient (Wildman–Crippen LogP) is 0.625. The number of nitrogens with one attached hydrogen (secondary N) is 1. The van der Waals surface area contributed by atoms with E-state index in [4.69, 9.17) is 5.73 Å². The minimum Gasteiger partial charge on any atom is -0.399 e. The summed E-state index contributed by atoms with van der Waals surface area (Å²) in [5, 5.41) is 6.95. The minimum absolute atomic E-state index is 0.126. The minimum atomic E-state index is -3.67. The van der Waals surface area contributed by atoms with E-state index in [2.05, 4.69) is 19.5 Å². The van der Waals surface area contributed by atoms with Gasteiger partial charge in [0.25, 0.3) is 10.0 Å². The normalized spacial score (nSPS) is 11.4. The number of nitrogen functional groups attached to an aromatic ring is 1. The third-order valence-electron chi connectivity index (χ3n) is 2.01. The van der Waals surface area contributed by atoms with Crippen molar-refractivity contribution in [2.24, 2.45) is 0 Å². The number of hydrogen-bond acceptors (Lipinski definition) is 7. The zero-order valence-corrected chi connectivity index (χ0v) is 10.4. The molecule has 0 bridgehead atoms. The van der Waals surface area contributed by atoms with Gasteiger partial charge >= 0.3 is 0 Å². The average Bonchev–Trinajstić information content (AvgIpc) is 2.68. The first-order chi connectivity index (χ1) is 7.99. The summed E-state index contributed by atoms with van der Waals surface area (Å²) < 4.78 is 29.7. The lowest BCUT2D eigenvalue weighted by Crippen LogP contribution is -2.14. The Hall–Kier alpha value is -1.74. The highest BCUT2D eigenvalue weighted by Gasteiger charge is 2.18. The van der Waals surface area contributed by atoms with E-state index in [9.17, 15) is 8.42 Å². The Balaban J connectivity index is 2.38. The molecule has 9 heteroatoms. The molecule has 0 radical (unpaired) electrons. The largest absolute Gasteiger partial charge is 0.399 e. The van der Waals surface area contributed by atoms with Gasteiger partial charge in [-0.05, 0) is 35.9 Å². The third kappa shape index (κ3) is 2.50. The van der Waals surface area contributed by atoms with Crippen LogP contribution in [0, 0.1) is 6.92 Å². The lowest BCUT2D eigenvalue weighted by atomic mass is 10.2. The van der Waals surface area contributed by atoms with E-state index < -0.39 is 10.0 Å². The van der Waals surface area contributed by atoms with Crippen LogP contribution in [0.5, 0.6) is 0 Å². The molecule has 0 unspecified atom stereocenters. The zero-order valence-electron chi connectivity index (χ0n) is 8.78.